The number of hydrogen-bond acceptors (Lipinski definition) is 2. The molecule has 3 N–H and O–H groups in total. The second-order valence-electron chi connectivity index (χ2n) is 3.19. The van der Waals surface area contributed by atoms with Gasteiger partial charge in [0.25, 0.3) is 0 Å². The van der Waals surface area contributed by atoms with Crippen LogP contribution in [0.25, 0.3) is 0 Å². The Hall–Kier alpha value is -0.850. The van der Waals surface area contributed by atoms with E-state index in [-0.39, 0.29) is 10.6 Å². The maximum atomic E-state index is 12.9. The summed E-state index contributed by atoms with van der Waals surface area (Å²) >= 11 is 5.35. The zero-order valence-electron chi connectivity index (χ0n) is 7.80. The van der Waals surface area contributed by atoms with Gasteiger partial charge in [-0.1, -0.05) is 17.7 Å². The molecule has 0 fully saturated rings. The van der Waals surface area contributed by atoms with Crippen LogP contribution in [0.5, 0.6) is 0 Å². The number of hydrogen-bond donors (Lipinski definition) is 2. The minimum Gasteiger partial charge on any atom is -0.382 e. The van der Waals surface area contributed by atoms with Crippen LogP contribution in [0.4, 0.5) is 17.6 Å². The molecule has 0 spiro atoms. The summed E-state index contributed by atoms with van der Waals surface area (Å²) in [7, 11) is 0. The monoisotopic (exact) mass is 257 g/mol. The molecule has 0 saturated carbocycles. The summed E-state index contributed by atoms with van der Waals surface area (Å²) in [5, 5.41) is 8.64. The number of benzene rings is 1. The third-order valence-electron chi connectivity index (χ3n) is 2.00. The molecule has 7 heteroatoms. The van der Waals surface area contributed by atoms with E-state index in [4.69, 9.17) is 22.4 Å². The van der Waals surface area contributed by atoms with Crippen LogP contribution in [0, 0.1) is 5.82 Å². The van der Waals surface area contributed by atoms with Gasteiger partial charge in [-0.2, -0.15) is 13.2 Å². The molecule has 16 heavy (non-hydrogen) atoms. The molecule has 0 radical (unpaired) electrons. The molecule has 2 nitrogen and oxygen atoms in total. The van der Waals surface area contributed by atoms with Gasteiger partial charge in [0.2, 0.25) is 0 Å². The van der Waals surface area contributed by atoms with Gasteiger partial charge in [-0.3, -0.25) is 0 Å². The zero-order valence-corrected chi connectivity index (χ0v) is 8.56. The smallest absolute Gasteiger partial charge is 0.382 e. The van der Waals surface area contributed by atoms with Crippen LogP contribution in [-0.4, -0.2) is 17.4 Å². The molecule has 0 aliphatic heterocycles. The molecule has 0 heterocycles. The first-order valence-corrected chi connectivity index (χ1v) is 4.56. The second kappa shape index (κ2) is 4.57. The number of halogens is 5. The number of rotatable bonds is 2. The fourth-order valence-corrected chi connectivity index (χ4v) is 1.22. The van der Waals surface area contributed by atoms with E-state index < -0.39 is 24.1 Å². The first kappa shape index (κ1) is 13.2. The van der Waals surface area contributed by atoms with Crippen molar-refractivity contribution in [1.82, 2.24) is 0 Å². The lowest BCUT2D eigenvalue weighted by molar-refractivity contribution is -0.210. The van der Waals surface area contributed by atoms with E-state index in [1.54, 1.807) is 0 Å². The average molecular weight is 258 g/mol. The molecule has 0 amide bonds. The molecule has 0 saturated heterocycles. The zero-order chi connectivity index (χ0) is 12.5. The number of aliphatic hydroxyl groups is 1. The van der Waals surface area contributed by atoms with Crippen LogP contribution in [0.2, 0.25) is 5.02 Å². The molecule has 0 aliphatic carbocycles. The minimum atomic E-state index is -4.85. The first-order valence-electron chi connectivity index (χ1n) is 4.19. The quantitative estimate of drug-likeness (QED) is 0.799. The molecule has 1 aromatic carbocycles. The van der Waals surface area contributed by atoms with E-state index in [1.165, 1.54) is 0 Å². The molecular formula is C9H8ClF4NO. The Bertz CT molecular complexity index is 382. The fraction of sp³-hybridized carbons (Fsp3) is 0.333. The summed E-state index contributed by atoms with van der Waals surface area (Å²) < 4.78 is 49.3. The maximum absolute atomic E-state index is 12.9. The van der Waals surface area contributed by atoms with E-state index in [2.05, 4.69) is 0 Å². The standard InChI is InChI=1S/C9H8ClF4NO/c10-5-2-1-4(3-6(5)11)7(15)8(16)9(12,13)14/h1-3,7-8,16H,15H2/t7-,8-/m0/s1. The fourth-order valence-electron chi connectivity index (χ4n) is 1.11. The molecule has 1 aromatic rings. The molecule has 1 rings (SSSR count). The Labute approximate surface area is 93.6 Å². The molecule has 0 aromatic heterocycles. The number of alkyl halides is 3. The van der Waals surface area contributed by atoms with E-state index in [0.29, 0.717) is 0 Å². The Morgan fingerprint density at radius 3 is 2.31 bits per heavy atom. The van der Waals surface area contributed by atoms with E-state index in [9.17, 15) is 17.6 Å². The summed E-state index contributed by atoms with van der Waals surface area (Å²) in [6.45, 7) is 0. The van der Waals surface area contributed by atoms with Gasteiger partial charge in [0, 0.05) is 0 Å². The SMILES string of the molecule is N[C@@H](c1ccc(Cl)c(F)c1)[C@H](O)C(F)(F)F. The Morgan fingerprint density at radius 2 is 1.88 bits per heavy atom. The highest BCUT2D eigenvalue weighted by atomic mass is 35.5. The van der Waals surface area contributed by atoms with Crippen molar-refractivity contribution in [2.75, 3.05) is 0 Å². The number of nitrogens with two attached hydrogens (primary N) is 1. The van der Waals surface area contributed by atoms with Crippen LogP contribution in [0.15, 0.2) is 18.2 Å². The predicted octanol–water partition coefficient (Wildman–Crippen LogP) is 2.40. The molecule has 90 valence electrons. The van der Waals surface area contributed by atoms with Crippen molar-refractivity contribution in [3.05, 3.63) is 34.6 Å². The van der Waals surface area contributed by atoms with E-state index in [1.807, 2.05) is 0 Å². The predicted molar refractivity (Wildman–Crippen MR) is 50.4 cm³/mol. The lowest BCUT2D eigenvalue weighted by Gasteiger charge is -2.21. The third-order valence-corrected chi connectivity index (χ3v) is 2.31. The van der Waals surface area contributed by atoms with Gasteiger partial charge in [0.15, 0.2) is 6.10 Å². The summed E-state index contributed by atoms with van der Waals surface area (Å²) in [5.41, 5.74) is 4.99. The Balaban J connectivity index is 2.97. The summed E-state index contributed by atoms with van der Waals surface area (Å²) in [6.07, 6.45) is -7.59. The summed E-state index contributed by atoms with van der Waals surface area (Å²) in [4.78, 5) is 0. The Kier molecular flexibility index (Phi) is 3.77. The van der Waals surface area contributed by atoms with Crippen LogP contribution < -0.4 is 5.73 Å². The van der Waals surface area contributed by atoms with Crippen molar-refractivity contribution in [3.8, 4) is 0 Å². The Morgan fingerprint density at radius 1 is 1.31 bits per heavy atom. The van der Waals surface area contributed by atoms with Crippen LogP contribution in [0.3, 0.4) is 0 Å². The van der Waals surface area contributed by atoms with Crippen LogP contribution in [-0.2, 0) is 0 Å². The van der Waals surface area contributed by atoms with Gasteiger partial charge in [-0.05, 0) is 17.7 Å². The second-order valence-corrected chi connectivity index (χ2v) is 3.59. The van der Waals surface area contributed by atoms with Crippen molar-refractivity contribution in [2.24, 2.45) is 5.73 Å². The third kappa shape index (κ3) is 2.84. The van der Waals surface area contributed by atoms with Crippen LogP contribution >= 0.6 is 11.6 Å². The lowest BCUT2D eigenvalue weighted by atomic mass is 10.0. The maximum Gasteiger partial charge on any atom is 0.416 e. The topological polar surface area (TPSA) is 46.2 Å². The van der Waals surface area contributed by atoms with Gasteiger partial charge in [0.1, 0.15) is 5.82 Å². The normalized spacial score (nSPS) is 15.9. The highest BCUT2D eigenvalue weighted by Crippen LogP contribution is 2.29. The molecule has 0 bridgehead atoms. The molecule has 2 atom stereocenters. The van der Waals surface area contributed by atoms with Gasteiger partial charge >= 0.3 is 6.18 Å². The van der Waals surface area contributed by atoms with Crippen molar-refractivity contribution >= 4 is 11.6 Å². The van der Waals surface area contributed by atoms with Gasteiger partial charge < -0.3 is 10.8 Å². The van der Waals surface area contributed by atoms with Crippen molar-refractivity contribution in [3.63, 3.8) is 0 Å². The van der Waals surface area contributed by atoms with E-state index >= 15 is 0 Å². The van der Waals surface area contributed by atoms with Crippen molar-refractivity contribution in [2.45, 2.75) is 18.3 Å². The summed E-state index contributed by atoms with van der Waals surface area (Å²) in [6, 6.07) is 1.23. The summed E-state index contributed by atoms with van der Waals surface area (Å²) in [5.74, 6) is -0.885. The average Bonchev–Trinajstić information content (AvgIpc) is 2.18. The minimum absolute atomic E-state index is 0.174. The van der Waals surface area contributed by atoms with Crippen molar-refractivity contribution < 1.29 is 22.7 Å². The largest absolute Gasteiger partial charge is 0.416 e. The highest BCUT2D eigenvalue weighted by molar-refractivity contribution is 6.30. The van der Waals surface area contributed by atoms with Gasteiger partial charge in [-0.15, -0.1) is 0 Å². The molecule has 0 unspecified atom stereocenters. The molecule has 0 aliphatic rings. The number of aliphatic hydroxyl groups excluding tert-OH is 1. The van der Waals surface area contributed by atoms with Gasteiger partial charge in [-0.25, -0.2) is 4.39 Å². The van der Waals surface area contributed by atoms with Crippen LogP contribution in [0.1, 0.15) is 11.6 Å². The van der Waals surface area contributed by atoms with E-state index in [0.717, 1.165) is 18.2 Å². The van der Waals surface area contributed by atoms with Crippen molar-refractivity contribution in [1.29, 1.82) is 0 Å². The molecular weight excluding hydrogens is 250 g/mol. The highest BCUT2D eigenvalue weighted by Gasteiger charge is 2.42. The first-order chi connectivity index (χ1) is 7.23. The lowest BCUT2D eigenvalue weighted by Crippen LogP contribution is -2.38. The van der Waals surface area contributed by atoms with Gasteiger partial charge in [0.05, 0.1) is 11.1 Å².